The van der Waals surface area contributed by atoms with E-state index in [1.165, 1.54) is 6.07 Å². The van der Waals surface area contributed by atoms with Crippen LogP contribution in [-0.4, -0.2) is 9.97 Å². The summed E-state index contributed by atoms with van der Waals surface area (Å²) in [5.41, 5.74) is 7.62. The fraction of sp³-hybridized carbons (Fsp3) is 0.286. The molecule has 3 rings (SSSR count). The lowest BCUT2D eigenvalue weighted by atomic mass is 10.1. The third-order valence-electron chi connectivity index (χ3n) is 3.24. The standard InChI is InChI=1S/C14H14FN3/c1-9-8-12(10-4-2-3-5-11(10)15)18-13(17-9)14(16)6-7-14/h2-5,8H,6-7,16H2,1H3. The van der Waals surface area contributed by atoms with Gasteiger partial charge in [0.2, 0.25) is 0 Å². The molecule has 1 aromatic heterocycles. The lowest BCUT2D eigenvalue weighted by Crippen LogP contribution is -2.22. The van der Waals surface area contributed by atoms with Gasteiger partial charge in [0.1, 0.15) is 11.6 Å². The van der Waals surface area contributed by atoms with E-state index in [1.807, 2.05) is 6.92 Å². The Bertz CT molecular complexity index is 606. The fourth-order valence-electron chi connectivity index (χ4n) is 1.96. The van der Waals surface area contributed by atoms with E-state index >= 15 is 0 Å². The lowest BCUT2D eigenvalue weighted by Gasteiger charge is -2.11. The van der Waals surface area contributed by atoms with Crippen molar-refractivity contribution in [3.05, 3.63) is 47.7 Å². The molecule has 1 aliphatic rings. The molecule has 4 heteroatoms. The number of nitrogens with zero attached hydrogens (tertiary/aromatic N) is 2. The third-order valence-corrected chi connectivity index (χ3v) is 3.24. The molecule has 2 aromatic rings. The summed E-state index contributed by atoms with van der Waals surface area (Å²) >= 11 is 0. The number of rotatable bonds is 2. The molecule has 0 unspecified atom stereocenters. The summed E-state index contributed by atoms with van der Waals surface area (Å²) in [4.78, 5) is 8.79. The Kier molecular flexibility index (Phi) is 2.41. The van der Waals surface area contributed by atoms with E-state index in [1.54, 1.807) is 24.3 Å². The van der Waals surface area contributed by atoms with Crippen LogP contribution in [0.1, 0.15) is 24.4 Å². The van der Waals surface area contributed by atoms with Gasteiger partial charge in [0.25, 0.3) is 0 Å². The van der Waals surface area contributed by atoms with Crippen LogP contribution >= 0.6 is 0 Å². The molecule has 0 bridgehead atoms. The molecule has 18 heavy (non-hydrogen) atoms. The monoisotopic (exact) mass is 243 g/mol. The van der Waals surface area contributed by atoms with Gasteiger partial charge in [0, 0.05) is 11.3 Å². The smallest absolute Gasteiger partial charge is 0.149 e. The zero-order valence-corrected chi connectivity index (χ0v) is 10.2. The minimum atomic E-state index is -0.397. The predicted molar refractivity (Wildman–Crippen MR) is 67.3 cm³/mol. The highest BCUT2D eigenvalue weighted by atomic mass is 19.1. The van der Waals surface area contributed by atoms with Crippen LogP contribution in [0.2, 0.25) is 0 Å². The molecular formula is C14H14FN3. The number of aromatic nitrogens is 2. The van der Waals surface area contributed by atoms with Gasteiger partial charge in [-0.25, -0.2) is 14.4 Å². The van der Waals surface area contributed by atoms with Gasteiger partial charge in [-0.05, 0) is 38.0 Å². The number of hydrogen-bond acceptors (Lipinski definition) is 3. The Balaban J connectivity index is 2.13. The fourth-order valence-corrected chi connectivity index (χ4v) is 1.96. The van der Waals surface area contributed by atoms with E-state index in [-0.39, 0.29) is 5.82 Å². The number of halogens is 1. The van der Waals surface area contributed by atoms with Gasteiger partial charge in [-0.1, -0.05) is 12.1 Å². The second-order valence-electron chi connectivity index (χ2n) is 4.85. The maximum Gasteiger partial charge on any atom is 0.149 e. The van der Waals surface area contributed by atoms with Gasteiger partial charge < -0.3 is 5.73 Å². The second kappa shape index (κ2) is 3.85. The molecule has 2 N–H and O–H groups in total. The first-order valence-electron chi connectivity index (χ1n) is 5.98. The first kappa shape index (κ1) is 11.3. The highest BCUT2D eigenvalue weighted by molar-refractivity contribution is 5.60. The third kappa shape index (κ3) is 1.88. The highest BCUT2D eigenvalue weighted by Gasteiger charge is 2.43. The second-order valence-corrected chi connectivity index (χ2v) is 4.85. The average Bonchev–Trinajstić information content (AvgIpc) is 3.08. The molecule has 1 aliphatic carbocycles. The van der Waals surface area contributed by atoms with Gasteiger partial charge >= 0.3 is 0 Å². The van der Waals surface area contributed by atoms with Gasteiger partial charge in [-0.3, -0.25) is 0 Å². The van der Waals surface area contributed by atoms with Crippen LogP contribution in [-0.2, 0) is 5.54 Å². The maximum absolute atomic E-state index is 13.8. The highest BCUT2D eigenvalue weighted by Crippen LogP contribution is 2.41. The van der Waals surface area contributed by atoms with Crippen molar-refractivity contribution >= 4 is 0 Å². The maximum atomic E-state index is 13.8. The lowest BCUT2D eigenvalue weighted by molar-refractivity contribution is 0.628. The van der Waals surface area contributed by atoms with Gasteiger partial charge in [0.15, 0.2) is 0 Å². The van der Waals surface area contributed by atoms with Gasteiger partial charge in [-0.15, -0.1) is 0 Å². The summed E-state index contributed by atoms with van der Waals surface area (Å²) in [6.07, 6.45) is 1.79. The number of nitrogens with two attached hydrogens (primary N) is 1. The van der Waals surface area contributed by atoms with Crippen molar-refractivity contribution < 1.29 is 4.39 Å². The minimum Gasteiger partial charge on any atom is -0.319 e. The summed E-state index contributed by atoms with van der Waals surface area (Å²) in [5.74, 6) is 0.351. The van der Waals surface area contributed by atoms with E-state index in [0.29, 0.717) is 17.1 Å². The zero-order valence-electron chi connectivity index (χ0n) is 10.2. The van der Waals surface area contributed by atoms with Gasteiger partial charge in [-0.2, -0.15) is 0 Å². The number of aryl methyl sites for hydroxylation is 1. The topological polar surface area (TPSA) is 51.8 Å². The predicted octanol–water partition coefficient (Wildman–Crippen LogP) is 2.54. The van der Waals surface area contributed by atoms with Crippen LogP contribution in [0.25, 0.3) is 11.3 Å². The van der Waals surface area contributed by atoms with E-state index < -0.39 is 5.54 Å². The van der Waals surface area contributed by atoms with Crippen LogP contribution in [0, 0.1) is 12.7 Å². The van der Waals surface area contributed by atoms with E-state index in [9.17, 15) is 4.39 Å². The normalized spacial score (nSPS) is 16.6. The van der Waals surface area contributed by atoms with E-state index in [0.717, 1.165) is 18.5 Å². The van der Waals surface area contributed by atoms with Gasteiger partial charge in [0.05, 0.1) is 11.2 Å². The molecule has 1 saturated carbocycles. The molecular weight excluding hydrogens is 229 g/mol. The minimum absolute atomic E-state index is 0.275. The van der Waals surface area contributed by atoms with Crippen molar-refractivity contribution in [3.8, 4) is 11.3 Å². The Morgan fingerprint density at radius 1 is 1.22 bits per heavy atom. The first-order valence-corrected chi connectivity index (χ1v) is 5.98. The molecule has 0 amide bonds. The molecule has 92 valence electrons. The van der Waals surface area contributed by atoms with Crippen LogP contribution < -0.4 is 5.73 Å². The molecule has 1 aromatic carbocycles. The van der Waals surface area contributed by atoms with E-state index in [2.05, 4.69) is 9.97 Å². The Morgan fingerprint density at radius 3 is 2.61 bits per heavy atom. The summed E-state index contributed by atoms with van der Waals surface area (Å²) in [6.45, 7) is 1.88. The van der Waals surface area contributed by atoms with Crippen molar-refractivity contribution in [2.45, 2.75) is 25.3 Å². The summed E-state index contributed by atoms with van der Waals surface area (Å²) in [6, 6.07) is 8.40. The summed E-state index contributed by atoms with van der Waals surface area (Å²) < 4.78 is 13.8. The van der Waals surface area contributed by atoms with Crippen molar-refractivity contribution in [3.63, 3.8) is 0 Å². The Labute approximate surface area is 105 Å². The Morgan fingerprint density at radius 2 is 1.94 bits per heavy atom. The molecule has 0 spiro atoms. The summed E-state index contributed by atoms with van der Waals surface area (Å²) in [5, 5.41) is 0. The molecule has 0 radical (unpaired) electrons. The van der Waals surface area contributed by atoms with E-state index in [4.69, 9.17) is 5.73 Å². The van der Waals surface area contributed by atoms with Crippen LogP contribution in [0.3, 0.4) is 0 Å². The molecule has 1 fully saturated rings. The molecule has 0 saturated heterocycles. The first-order chi connectivity index (χ1) is 8.58. The van der Waals surface area contributed by atoms with Crippen LogP contribution in [0.5, 0.6) is 0 Å². The molecule has 1 heterocycles. The zero-order chi connectivity index (χ0) is 12.8. The number of hydrogen-bond donors (Lipinski definition) is 1. The van der Waals surface area contributed by atoms with Crippen molar-refractivity contribution in [2.75, 3.05) is 0 Å². The Hall–Kier alpha value is -1.81. The van der Waals surface area contributed by atoms with Crippen molar-refractivity contribution in [2.24, 2.45) is 5.73 Å². The van der Waals surface area contributed by atoms with Crippen LogP contribution in [0.15, 0.2) is 30.3 Å². The number of benzene rings is 1. The SMILES string of the molecule is Cc1cc(-c2ccccc2F)nc(C2(N)CC2)n1. The van der Waals surface area contributed by atoms with Crippen LogP contribution in [0.4, 0.5) is 4.39 Å². The average molecular weight is 243 g/mol. The summed E-state index contributed by atoms with van der Waals surface area (Å²) in [7, 11) is 0. The van der Waals surface area contributed by atoms with Crippen molar-refractivity contribution in [1.82, 2.24) is 9.97 Å². The quantitative estimate of drug-likeness (QED) is 0.881. The molecule has 0 atom stereocenters. The molecule has 0 aliphatic heterocycles. The molecule has 3 nitrogen and oxygen atoms in total. The largest absolute Gasteiger partial charge is 0.319 e. The van der Waals surface area contributed by atoms with Crippen molar-refractivity contribution in [1.29, 1.82) is 0 Å².